The molecule has 0 aliphatic rings. The van der Waals surface area contributed by atoms with Gasteiger partial charge in [-0.05, 0) is 30.5 Å². The van der Waals surface area contributed by atoms with Crippen LogP contribution in [0.1, 0.15) is 34.8 Å². The SMILES string of the molecule is CCOC(=O)c1cc(CCC(=O)OC)ccc1CO. The Kier molecular flexibility index (Phi) is 6.02. The van der Waals surface area contributed by atoms with Gasteiger partial charge in [0.15, 0.2) is 0 Å². The Hall–Kier alpha value is -1.88. The topological polar surface area (TPSA) is 72.8 Å². The molecule has 0 heterocycles. The van der Waals surface area contributed by atoms with E-state index in [9.17, 15) is 14.7 Å². The lowest BCUT2D eigenvalue weighted by molar-refractivity contribution is -0.140. The molecule has 5 heteroatoms. The van der Waals surface area contributed by atoms with E-state index in [4.69, 9.17) is 4.74 Å². The zero-order valence-electron chi connectivity index (χ0n) is 11.1. The molecule has 1 rings (SSSR count). The minimum atomic E-state index is -0.466. The van der Waals surface area contributed by atoms with E-state index in [1.54, 1.807) is 25.1 Å². The summed E-state index contributed by atoms with van der Waals surface area (Å²) in [4.78, 5) is 22.8. The number of esters is 2. The van der Waals surface area contributed by atoms with Crippen LogP contribution in [0.3, 0.4) is 0 Å². The van der Waals surface area contributed by atoms with E-state index < -0.39 is 5.97 Å². The van der Waals surface area contributed by atoms with Crippen molar-refractivity contribution in [3.05, 3.63) is 34.9 Å². The highest BCUT2D eigenvalue weighted by molar-refractivity contribution is 5.91. The number of aliphatic hydroxyl groups is 1. The van der Waals surface area contributed by atoms with Crippen LogP contribution in [0, 0.1) is 0 Å². The van der Waals surface area contributed by atoms with E-state index in [2.05, 4.69) is 4.74 Å². The Balaban J connectivity index is 2.88. The van der Waals surface area contributed by atoms with Crippen LogP contribution in [-0.2, 0) is 27.3 Å². The van der Waals surface area contributed by atoms with Gasteiger partial charge in [0.25, 0.3) is 0 Å². The first-order chi connectivity index (χ1) is 9.12. The molecule has 0 saturated heterocycles. The molecule has 1 aromatic carbocycles. The molecule has 0 radical (unpaired) electrons. The van der Waals surface area contributed by atoms with Crippen molar-refractivity contribution in [3.63, 3.8) is 0 Å². The highest BCUT2D eigenvalue weighted by atomic mass is 16.5. The Labute approximate surface area is 112 Å². The molecule has 19 heavy (non-hydrogen) atoms. The van der Waals surface area contributed by atoms with Crippen LogP contribution >= 0.6 is 0 Å². The van der Waals surface area contributed by atoms with Crippen LogP contribution in [0.5, 0.6) is 0 Å². The van der Waals surface area contributed by atoms with Crippen molar-refractivity contribution >= 4 is 11.9 Å². The molecule has 1 aromatic rings. The van der Waals surface area contributed by atoms with E-state index in [0.717, 1.165) is 5.56 Å². The summed E-state index contributed by atoms with van der Waals surface area (Å²) in [6.45, 7) is 1.76. The van der Waals surface area contributed by atoms with Crippen LogP contribution in [0.15, 0.2) is 18.2 Å². The second-order valence-electron chi connectivity index (χ2n) is 3.95. The van der Waals surface area contributed by atoms with E-state index in [0.29, 0.717) is 17.5 Å². The lowest BCUT2D eigenvalue weighted by atomic mass is 10.0. The third kappa shape index (κ3) is 4.37. The fourth-order valence-electron chi connectivity index (χ4n) is 1.66. The molecule has 1 N–H and O–H groups in total. The summed E-state index contributed by atoms with van der Waals surface area (Å²) in [5, 5.41) is 9.20. The summed E-state index contributed by atoms with van der Waals surface area (Å²) < 4.78 is 9.49. The first kappa shape index (κ1) is 15.2. The fraction of sp³-hybridized carbons (Fsp3) is 0.429. The molecule has 0 fully saturated rings. The third-order valence-electron chi connectivity index (χ3n) is 2.69. The Morgan fingerprint density at radius 2 is 2.05 bits per heavy atom. The molecule has 104 valence electrons. The van der Waals surface area contributed by atoms with Gasteiger partial charge in [0.1, 0.15) is 0 Å². The molecule has 0 atom stereocenters. The lowest BCUT2D eigenvalue weighted by Gasteiger charge is -2.09. The average Bonchev–Trinajstić information content (AvgIpc) is 2.44. The van der Waals surface area contributed by atoms with Crippen LogP contribution < -0.4 is 0 Å². The molecular formula is C14H18O5. The number of rotatable bonds is 6. The molecule has 0 aromatic heterocycles. The largest absolute Gasteiger partial charge is 0.469 e. The van der Waals surface area contributed by atoms with Gasteiger partial charge in [-0.25, -0.2) is 4.79 Å². The number of methoxy groups -OCH3 is 1. The zero-order chi connectivity index (χ0) is 14.3. The van der Waals surface area contributed by atoms with Crippen molar-refractivity contribution < 1.29 is 24.2 Å². The zero-order valence-corrected chi connectivity index (χ0v) is 11.1. The van der Waals surface area contributed by atoms with Crippen molar-refractivity contribution in [1.29, 1.82) is 0 Å². The second kappa shape index (κ2) is 7.53. The molecule has 0 aliphatic heterocycles. The first-order valence-corrected chi connectivity index (χ1v) is 6.09. The maximum atomic E-state index is 11.7. The molecule has 0 unspecified atom stereocenters. The number of aryl methyl sites for hydroxylation is 1. The van der Waals surface area contributed by atoms with Crippen molar-refractivity contribution in [2.75, 3.05) is 13.7 Å². The van der Waals surface area contributed by atoms with Gasteiger partial charge < -0.3 is 14.6 Å². The summed E-state index contributed by atoms with van der Waals surface area (Å²) in [7, 11) is 1.33. The fourth-order valence-corrected chi connectivity index (χ4v) is 1.66. The second-order valence-corrected chi connectivity index (χ2v) is 3.95. The Morgan fingerprint density at radius 1 is 1.32 bits per heavy atom. The first-order valence-electron chi connectivity index (χ1n) is 6.09. The predicted molar refractivity (Wildman–Crippen MR) is 68.7 cm³/mol. The molecule has 0 saturated carbocycles. The number of benzene rings is 1. The van der Waals surface area contributed by atoms with Gasteiger partial charge in [0.2, 0.25) is 0 Å². The maximum absolute atomic E-state index is 11.7. The molecule has 5 nitrogen and oxygen atoms in total. The quantitative estimate of drug-likeness (QED) is 0.789. The number of carbonyl (C=O) groups excluding carboxylic acids is 2. The molecule has 0 spiro atoms. The number of ether oxygens (including phenoxy) is 2. The standard InChI is InChI=1S/C14H18O5/c1-3-19-14(17)12-8-10(4-6-11(12)9-15)5-7-13(16)18-2/h4,6,8,15H,3,5,7,9H2,1-2H3. The van der Waals surface area contributed by atoms with Gasteiger partial charge >= 0.3 is 11.9 Å². The molecule has 0 bridgehead atoms. The van der Waals surface area contributed by atoms with Gasteiger partial charge in [0.05, 0.1) is 25.9 Å². The van der Waals surface area contributed by atoms with Gasteiger partial charge in [0, 0.05) is 6.42 Å². The number of hydrogen-bond donors (Lipinski definition) is 1. The Morgan fingerprint density at radius 3 is 2.63 bits per heavy atom. The summed E-state index contributed by atoms with van der Waals surface area (Å²) in [5.74, 6) is -0.768. The maximum Gasteiger partial charge on any atom is 0.338 e. The van der Waals surface area contributed by atoms with E-state index in [1.807, 2.05) is 0 Å². The number of carbonyl (C=O) groups is 2. The van der Waals surface area contributed by atoms with Gasteiger partial charge in [-0.15, -0.1) is 0 Å². The summed E-state index contributed by atoms with van der Waals surface area (Å²) in [5.41, 5.74) is 1.68. The van der Waals surface area contributed by atoms with E-state index >= 15 is 0 Å². The lowest BCUT2D eigenvalue weighted by Crippen LogP contribution is -2.09. The predicted octanol–water partition coefficient (Wildman–Crippen LogP) is 1.46. The summed E-state index contributed by atoms with van der Waals surface area (Å²) in [6.07, 6.45) is 0.724. The normalized spacial score (nSPS) is 10.1. The van der Waals surface area contributed by atoms with Gasteiger partial charge in [-0.2, -0.15) is 0 Å². The van der Waals surface area contributed by atoms with Crippen LogP contribution in [0.25, 0.3) is 0 Å². The van der Waals surface area contributed by atoms with Crippen molar-refractivity contribution in [2.24, 2.45) is 0 Å². The summed E-state index contributed by atoms with van der Waals surface area (Å²) >= 11 is 0. The molecule has 0 aliphatic carbocycles. The highest BCUT2D eigenvalue weighted by Gasteiger charge is 2.13. The van der Waals surface area contributed by atoms with Crippen molar-refractivity contribution in [2.45, 2.75) is 26.4 Å². The monoisotopic (exact) mass is 266 g/mol. The van der Waals surface area contributed by atoms with Crippen LogP contribution in [0.4, 0.5) is 0 Å². The van der Waals surface area contributed by atoms with Crippen molar-refractivity contribution in [3.8, 4) is 0 Å². The average molecular weight is 266 g/mol. The minimum Gasteiger partial charge on any atom is -0.469 e. The Bertz CT molecular complexity index is 453. The van der Waals surface area contributed by atoms with Gasteiger partial charge in [-0.1, -0.05) is 12.1 Å². The molecule has 0 amide bonds. The smallest absolute Gasteiger partial charge is 0.338 e. The van der Waals surface area contributed by atoms with Crippen LogP contribution in [0.2, 0.25) is 0 Å². The number of hydrogen-bond acceptors (Lipinski definition) is 5. The van der Waals surface area contributed by atoms with Gasteiger partial charge in [-0.3, -0.25) is 4.79 Å². The van der Waals surface area contributed by atoms with Crippen LogP contribution in [-0.4, -0.2) is 30.8 Å². The third-order valence-corrected chi connectivity index (χ3v) is 2.69. The number of aliphatic hydroxyl groups excluding tert-OH is 1. The van der Waals surface area contributed by atoms with E-state index in [1.165, 1.54) is 7.11 Å². The minimum absolute atomic E-state index is 0.231. The van der Waals surface area contributed by atoms with E-state index in [-0.39, 0.29) is 25.6 Å². The highest BCUT2D eigenvalue weighted by Crippen LogP contribution is 2.15. The molecular weight excluding hydrogens is 248 g/mol. The summed E-state index contributed by atoms with van der Waals surface area (Å²) in [6, 6.07) is 5.09. The van der Waals surface area contributed by atoms with Crippen molar-refractivity contribution in [1.82, 2.24) is 0 Å².